The van der Waals surface area contributed by atoms with Crippen LogP contribution in [0.2, 0.25) is 0 Å². The maximum atomic E-state index is 12.9. The van der Waals surface area contributed by atoms with Gasteiger partial charge in [-0.1, -0.05) is 0 Å². The first kappa shape index (κ1) is 14.4. The molecule has 0 radical (unpaired) electrons. The van der Waals surface area contributed by atoms with E-state index >= 15 is 0 Å². The fraction of sp³-hybridized carbons (Fsp3) is 0.0909. The van der Waals surface area contributed by atoms with Crippen LogP contribution in [-0.4, -0.2) is 13.5 Å². The molecule has 2 rings (SSSR count). The van der Waals surface area contributed by atoms with Crippen molar-refractivity contribution >= 4 is 43.0 Å². The Kier molecular flexibility index (Phi) is 4.24. The summed E-state index contributed by atoms with van der Waals surface area (Å²) in [5.74, 6) is -0.465. The van der Waals surface area contributed by atoms with Crippen LogP contribution >= 0.6 is 27.3 Å². The van der Waals surface area contributed by atoms with Crippen LogP contribution in [0, 0.1) is 5.82 Å². The van der Waals surface area contributed by atoms with Gasteiger partial charge >= 0.3 is 0 Å². The summed E-state index contributed by atoms with van der Waals surface area (Å²) in [6, 6.07) is 5.06. The van der Waals surface area contributed by atoms with E-state index in [9.17, 15) is 12.8 Å². The molecule has 0 spiro atoms. The summed E-state index contributed by atoms with van der Waals surface area (Å²) in [7, 11) is -3.74. The van der Waals surface area contributed by atoms with Crippen LogP contribution in [0.25, 0.3) is 0 Å². The van der Waals surface area contributed by atoms with Gasteiger partial charge in [-0.2, -0.15) is 0 Å². The molecule has 0 aliphatic heterocycles. The Balaban J connectivity index is 2.30. The molecule has 1 aromatic carbocycles. The number of nitrogens with one attached hydrogen (secondary N) is 1. The van der Waals surface area contributed by atoms with Gasteiger partial charge in [-0.25, -0.2) is 12.8 Å². The van der Waals surface area contributed by atoms with Gasteiger partial charge in [-0.3, -0.25) is 4.72 Å². The highest BCUT2D eigenvalue weighted by Crippen LogP contribution is 2.27. The molecular formula is C11H9BrFNO3S2. The molecular weight excluding hydrogens is 357 g/mol. The van der Waals surface area contributed by atoms with Gasteiger partial charge in [0.05, 0.1) is 17.2 Å². The van der Waals surface area contributed by atoms with Crippen LogP contribution in [0.5, 0.6) is 0 Å². The molecule has 8 heteroatoms. The zero-order valence-electron chi connectivity index (χ0n) is 9.43. The maximum Gasteiger partial charge on any atom is 0.262 e. The highest BCUT2D eigenvalue weighted by Gasteiger charge is 2.17. The van der Waals surface area contributed by atoms with E-state index in [-0.39, 0.29) is 17.2 Å². The Morgan fingerprint density at radius 3 is 2.68 bits per heavy atom. The fourth-order valence-corrected chi connectivity index (χ4v) is 4.15. The molecule has 0 saturated heterocycles. The molecule has 2 N–H and O–H groups in total. The lowest BCUT2D eigenvalue weighted by molar-refractivity contribution is 0.285. The second-order valence-corrected chi connectivity index (χ2v) is 7.17. The molecule has 0 unspecified atom stereocenters. The molecule has 0 atom stereocenters. The van der Waals surface area contributed by atoms with Gasteiger partial charge in [-0.05, 0) is 40.2 Å². The SMILES string of the molecule is O=S(=O)(Nc1ccc(F)cc1Br)c1csc(CO)c1. The van der Waals surface area contributed by atoms with E-state index in [0.29, 0.717) is 9.35 Å². The van der Waals surface area contributed by atoms with Gasteiger partial charge < -0.3 is 5.11 Å². The van der Waals surface area contributed by atoms with Crippen molar-refractivity contribution in [2.75, 3.05) is 4.72 Å². The van der Waals surface area contributed by atoms with E-state index in [1.54, 1.807) is 0 Å². The normalized spacial score (nSPS) is 11.5. The minimum absolute atomic E-state index is 0.0674. The van der Waals surface area contributed by atoms with Gasteiger partial charge in [0.15, 0.2) is 0 Å². The average Bonchev–Trinajstić information content (AvgIpc) is 2.82. The topological polar surface area (TPSA) is 66.4 Å². The van der Waals surface area contributed by atoms with Crippen molar-refractivity contribution in [3.63, 3.8) is 0 Å². The first-order valence-corrected chi connectivity index (χ1v) is 8.24. The van der Waals surface area contributed by atoms with E-state index in [1.165, 1.54) is 23.6 Å². The summed E-state index contributed by atoms with van der Waals surface area (Å²) < 4.78 is 39.7. The molecule has 1 heterocycles. The third-order valence-corrected chi connectivity index (χ3v) is 5.34. The minimum Gasteiger partial charge on any atom is -0.391 e. The molecule has 0 amide bonds. The lowest BCUT2D eigenvalue weighted by Crippen LogP contribution is -2.12. The average molecular weight is 366 g/mol. The van der Waals surface area contributed by atoms with E-state index in [0.717, 1.165) is 17.4 Å². The standard InChI is InChI=1S/C11H9BrFNO3S2/c12-10-3-7(13)1-2-11(10)14-19(16,17)9-4-8(5-15)18-6-9/h1-4,6,14-15H,5H2. The number of benzene rings is 1. The van der Waals surface area contributed by atoms with E-state index in [4.69, 9.17) is 5.11 Å². The van der Waals surface area contributed by atoms with Crippen molar-refractivity contribution in [2.45, 2.75) is 11.5 Å². The number of aliphatic hydroxyl groups is 1. The van der Waals surface area contributed by atoms with Gasteiger partial charge in [0.25, 0.3) is 10.0 Å². The number of hydrogen-bond acceptors (Lipinski definition) is 4. The molecule has 4 nitrogen and oxygen atoms in total. The number of anilines is 1. The van der Waals surface area contributed by atoms with Gasteiger partial charge in [-0.15, -0.1) is 11.3 Å². The van der Waals surface area contributed by atoms with Crippen molar-refractivity contribution in [2.24, 2.45) is 0 Å². The fourth-order valence-electron chi connectivity index (χ4n) is 1.36. The second-order valence-electron chi connectivity index (χ2n) is 3.64. The predicted octanol–water partition coefficient (Wildman–Crippen LogP) is 2.94. The first-order valence-electron chi connectivity index (χ1n) is 5.08. The summed E-state index contributed by atoms with van der Waals surface area (Å²) in [6.45, 7) is -0.208. The number of hydrogen-bond donors (Lipinski definition) is 2. The molecule has 102 valence electrons. The second kappa shape index (κ2) is 5.58. The molecule has 0 aliphatic carbocycles. The monoisotopic (exact) mass is 365 g/mol. The van der Waals surface area contributed by atoms with Crippen LogP contribution in [0.15, 0.2) is 39.0 Å². The van der Waals surface area contributed by atoms with Crippen molar-refractivity contribution in [3.05, 3.63) is 44.8 Å². The van der Waals surface area contributed by atoms with E-state index < -0.39 is 15.8 Å². The molecule has 0 aliphatic rings. The lowest BCUT2D eigenvalue weighted by atomic mass is 10.3. The molecule has 0 fully saturated rings. The summed E-state index contributed by atoms with van der Waals surface area (Å²) in [5, 5.41) is 10.4. The largest absolute Gasteiger partial charge is 0.391 e. The first-order chi connectivity index (χ1) is 8.92. The Morgan fingerprint density at radius 1 is 1.37 bits per heavy atom. The third kappa shape index (κ3) is 3.33. The van der Waals surface area contributed by atoms with Crippen LogP contribution < -0.4 is 4.72 Å². The van der Waals surface area contributed by atoms with Crippen molar-refractivity contribution in [1.82, 2.24) is 0 Å². The van der Waals surface area contributed by atoms with Crippen molar-refractivity contribution in [3.8, 4) is 0 Å². The highest BCUT2D eigenvalue weighted by atomic mass is 79.9. The van der Waals surface area contributed by atoms with Crippen LogP contribution in [-0.2, 0) is 16.6 Å². The van der Waals surface area contributed by atoms with Crippen LogP contribution in [0.1, 0.15) is 4.88 Å². The number of aliphatic hydroxyl groups excluding tert-OH is 1. The zero-order chi connectivity index (χ0) is 14.0. The summed E-state index contributed by atoms with van der Waals surface area (Å²) in [6.07, 6.45) is 0. The molecule has 0 bridgehead atoms. The van der Waals surface area contributed by atoms with Gasteiger partial charge in [0.2, 0.25) is 0 Å². The predicted molar refractivity (Wildman–Crippen MR) is 75.2 cm³/mol. The number of thiophene rings is 1. The van der Waals surface area contributed by atoms with Crippen LogP contribution in [0.3, 0.4) is 0 Å². The summed E-state index contributed by atoms with van der Waals surface area (Å²) in [5.41, 5.74) is 0.248. The Bertz CT molecular complexity index is 700. The Hall–Kier alpha value is -0.960. The molecule has 19 heavy (non-hydrogen) atoms. The smallest absolute Gasteiger partial charge is 0.262 e. The van der Waals surface area contributed by atoms with Crippen molar-refractivity contribution in [1.29, 1.82) is 0 Å². The van der Waals surface area contributed by atoms with Crippen LogP contribution in [0.4, 0.5) is 10.1 Å². The molecule has 0 saturated carbocycles. The highest BCUT2D eigenvalue weighted by molar-refractivity contribution is 9.10. The summed E-state index contributed by atoms with van der Waals surface area (Å²) >= 11 is 4.24. The van der Waals surface area contributed by atoms with E-state index in [2.05, 4.69) is 20.7 Å². The minimum atomic E-state index is -3.74. The number of halogens is 2. The number of sulfonamides is 1. The number of rotatable bonds is 4. The van der Waals surface area contributed by atoms with E-state index in [1.807, 2.05) is 0 Å². The Labute approximate surface area is 122 Å². The molecule has 1 aromatic heterocycles. The Morgan fingerprint density at radius 2 is 2.11 bits per heavy atom. The zero-order valence-corrected chi connectivity index (χ0v) is 12.6. The summed E-state index contributed by atoms with van der Waals surface area (Å²) in [4.78, 5) is 0.622. The quantitative estimate of drug-likeness (QED) is 0.875. The van der Waals surface area contributed by atoms with Gasteiger partial charge in [0, 0.05) is 14.7 Å². The lowest BCUT2D eigenvalue weighted by Gasteiger charge is -2.08. The van der Waals surface area contributed by atoms with Crippen molar-refractivity contribution < 1.29 is 17.9 Å². The third-order valence-electron chi connectivity index (χ3n) is 2.27. The van der Waals surface area contributed by atoms with Gasteiger partial charge in [0.1, 0.15) is 5.82 Å². The molecule has 2 aromatic rings. The maximum absolute atomic E-state index is 12.9.